The summed E-state index contributed by atoms with van der Waals surface area (Å²) in [6.07, 6.45) is 0. The Morgan fingerprint density at radius 2 is 2.25 bits per heavy atom. The van der Waals surface area contributed by atoms with E-state index in [-0.39, 0.29) is 0 Å². The second kappa shape index (κ2) is 3.30. The average molecular weight is 249 g/mol. The van der Waals surface area contributed by atoms with Crippen LogP contribution in [0.25, 0.3) is 0 Å². The van der Waals surface area contributed by atoms with Gasteiger partial charge in [0.1, 0.15) is 0 Å². The Bertz CT molecular complexity index is 44.0. The third-order valence-electron chi connectivity index (χ3n) is 0.0645. The third kappa shape index (κ3) is 2.30. The van der Waals surface area contributed by atoms with Crippen LogP contribution in [0.4, 0.5) is 0 Å². The van der Waals surface area contributed by atoms with E-state index in [4.69, 9.17) is 5.41 Å². The van der Waals surface area contributed by atoms with Gasteiger partial charge in [0.2, 0.25) is 0 Å². The molecule has 0 unspecified atom stereocenters. The first-order chi connectivity index (χ1) is 1.91. The average Bonchev–Trinajstić information content (AvgIpc) is 1.37. The quantitative estimate of drug-likeness (QED) is 0.446. The van der Waals surface area contributed by atoms with Crippen LogP contribution in [-0.4, -0.2) is 32.1 Å². The number of hydrogen-bond donors (Lipinski definition) is 1. The van der Waals surface area contributed by atoms with Crippen LogP contribution in [0.2, 0.25) is 0 Å². The number of rotatable bonds is 0. The molecule has 0 rings (SSSR count). The minimum absolute atomic E-state index is 0.558. The molecule has 0 aromatic rings. The van der Waals surface area contributed by atoms with Crippen molar-refractivity contribution in [2.45, 2.75) is 0 Å². The van der Waals surface area contributed by atoms with Gasteiger partial charge in [-0.1, -0.05) is 0 Å². The standard InChI is InChI=1S/CHN2.Pb.H/c2-1-3;;/h2H;;/q-1;+1;. The topological polar surface area (TPSA) is 36.2 Å². The van der Waals surface area contributed by atoms with E-state index in [9.17, 15) is 0 Å². The molecule has 3 heteroatoms. The van der Waals surface area contributed by atoms with Crippen molar-refractivity contribution >= 4 is 32.1 Å². The van der Waals surface area contributed by atoms with Crippen LogP contribution >= 0.6 is 0 Å². The van der Waals surface area contributed by atoms with Crippen molar-refractivity contribution in [2.24, 2.45) is 2.80 Å². The van der Waals surface area contributed by atoms with E-state index in [1.807, 2.05) is 6.01 Å². The van der Waals surface area contributed by atoms with Gasteiger partial charge in [-0.25, -0.2) is 0 Å². The Morgan fingerprint density at radius 1 is 2.00 bits per heavy atom. The van der Waals surface area contributed by atoms with Gasteiger partial charge in [-0.3, -0.25) is 0 Å². The second-order valence-corrected chi connectivity index (χ2v) is 1.24. The molecule has 20 valence electrons. The summed E-state index contributed by atoms with van der Waals surface area (Å²) in [7, 11) is 0. The summed E-state index contributed by atoms with van der Waals surface area (Å²) in [6, 6.07) is 1.88. The first kappa shape index (κ1) is 4.30. The molecule has 0 aromatic carbocycles. The van der Waals surface area contributed by atoms with Crippen molar-refractivity contribution in [3.63, 3.8) is 0 Å². The van der Waals surface area contributed by atoms with E-state index in [1.54, 1.807) is 0 Å². The minimum atomic E-state index is 0.558. The van der Waals surface area contributed by atoms with Gasteiger partial charge < -0.3 is 0 Å². The van der Waals surface area contributed by atoms with Crippen LogP contribution in [0.3, 0.4) is 0 Å². The molecule has 0 atom stereocenters. The number of hydrogen-bond acceptors (Lipinski definition) is 2. The summed E-state index contributed by atoms with van der Waals surface area (Å²) in [5, 5.41) is 6.08. The Kier molecular flexibility index (Phi) is 3.55. The predicted molar refractivity (Wildman–Crippen MR) is 17.3 cm³/mol. The molecule has 2 radical (unpaired) electrons. The molecule has 0 aromatic heterocycles. The number of nitrogens with zero attached hydrogens (tertiary/aromatic N) is 1. The van der Waals surface area contributed by atoms with E-state index in [1.165, 1.54) is 0 Å². The maximum absolute atomic E-state index is 6.08. The summed E-state index contributed by atoms with van der Waals surface area (Å²) in [5.41, 5.74) is 0. The van der Waals surface area contributed by atoms with E-state index in [0.717, 1.165) is 0 Å². The summed E-state index contributed by atoms with van der Waals surface area (Å²) < 4.78 is 3.32. The van der Waals surface area contributed by atoms with Gasteiger partial charge in [0.15, 0.2) is 0 Å². The molecule has 0 bridgehead atoms. The normalized spacial score (nSPS) is 4.25. The second-order valence-electron chi connectivity index (χ2n) is 0.241. The zero-order chi connectivity index (χ0) is 3.41. The Labute approximate surface area is 40.6 Å². The van der Waals surface area contributed by atoms with Crippen LogP contribution in [0, 0.1) is 5.41 Å². The van der Waals surface area contributed by atoms with E-state index < -0.39 is 0 Å². The number of nitrogens with one attached hydrogen (secondary N) is 1. The molecule has 2 nitrogen and oxygen atoms in total. The Balaban J connectivity index is 3.11. The van der Waals surface area contributed by atoms with Crippen LogP contribution in [0.1, 0.15) is 0 Å². The molecule has 1 N–H and O–H groups in total. The molecule has 0 aliphatic rings. The van der Waals surface area contributed by atoms with Gasteiger partial charge in [-0.15, -0.1) is 0 Å². The summed E-state index contributed by atoms with van der Waals surface area (Å²) in [5.74, 6) is 0. The molecule has 0 fully saturated rings. The fraction of sp³-hybridized carbons (Fsp3) is 0. The van der Waals surface area contributed by atoms with Crippen molar-refractivity contribution in [3.8, 4) is 0 Å². The van der Waals surface area contributed by atoms with Gasteiger partial charge in [-0.2, -0.15) is 0 Å². The molecule has 0 spiro atoms. The summed E-state index contributed by atoms with van der Waals surface area (Å²) in [6.45, 7) is 0. The summed E-state index contributed by atoms with van der Waals surface area (Å²) in [4.78, 5) is 0. The van der Waals surface area contributed by atoms with Gasteiger partial charge in [-0.05, 0) is 0 Å². The molecule has 0 saturated heterocycles. The fourth-order valence-electron chi connectivity index (χ4n) is 0. The third-order valence-corrected chi connectivity index (χ3v) is 0.566. The summed E-state index contributed by atoms with van der Waals surface area (Å²) >= 11 is 0.558. The molecular formula is CH2N2Pb. The molecular weight excluding hydrogens is 247 g/mol. The van der Waals surface area contributed by atoms with Crippen molar-refractivity contribution in [1.82, 2.24) is 0 Å². The van der Waals surface area contributed by atoms with E-state index in [2.05, 4.69) is 2.80 Å². The van der Waals surface area contributed by atoms with Crippen LogP contribution in [0.15, 0.2) is 2.80 Å². The van der Waals surface area contributed by atoms with Gasteiger partial charge in [0, 0.05) is 0 Å². The SMILES string of the molecule is N=C=[N][PbH]. The van der Waals surface area contributed by atoms with E-state index >= 15 is 0 Å². The first-order valence-electron chi connectivity index (χ1n) is 0.732. The van der Waals surface area contributed by atoms with Gasteiger partial charge >= 0.3 is 40.3 Å². The van der Waals surface area contributed by atoms with E-state index in [0.29, 0.717) is 26.1 Å². The molecule has 0 aliphatic heterocycles. The first-order valence-corrected chi connectivity index (χ1v) is 2.74. The fourth-order valence-corrected chi connectivity index (χ4v) is 0. The zero-order valence-electron chi connectivity index (χ0n) is 2.02. The monoisotopic (exact) mass is 250 g/mol. The Hall–Kier alpha value is 0.302. The molecule has 4 heavy (non-hydrogen) atoms. The van der Waals surface area contributed by atoms with Crippen LogP contribution < -0.4 is 0 Å². The molecule has 0 amide bonds. The molecule has 0 heterocycles. The van der Waals surface area contributed by atoms with Crippen molar-refractivity contribution < 1.29 is 0 Å². The Morgan fingerprint density at radius 3 is 2.25 bits per heavy atom. The van der Waals surface area contributed by atoms with Crippen molar-refractivity contribution in [2.75, 3.05) is 0 Å². The van der Waals surface area contributed by atoms with Crippen LogP contribution in [-0.2, 0) is 0 Å². The predicted octanol–water partition coefficient (Wildman–Crippen LogP) is -0.445. The zero-order valence-corrected chi connectivity index (χ0v) is 6.51. The maximum atomic E-state index is 6.08. The van der Waals surface area contributed by atoms with Gasteiger partial charge in [0.25, 0.3) is 0 Å². The van der Waals surface area contributed by atoms with Crippen molar-refractivity contribution in [3.05, 3.63) is 0 Å². The molecule has 0 saturated carbocycles. The van der Waals surface area contributed by atoms with Crippen LogP contribution in [0.5, 0.6) is 0 Å². The van der Waals surface area contributed by atoms with Gasteiger partial charge in [0.05, 0.1) is 0 Å². The van der Waals surface area contributed by atoms with Crippen molar-refractivity contribution in [1.29, 1.82) is 5.41 Å². The molecule has 0 aliphatic carbocycles.